The van der Waals surface area contributed by atoms with E-state index in [-0.39, 0.29) is 28.6 Å². The van der Waals surface area contributed by atoms with Gasteiger partial charge in [-0.1, -0.05) is 11.6 Å². The Labute approximate surface area is 159 Å². The third kappa shape index (κ3) is 4.85. The number of esters is 2. The van der Waals surface area contributed by atoms with E-state index in [0.29, 0.717) is 11.3 Å². The Morgan fingerprint density at radius 1 is 1.19 bits per heavy atom. The van der Waals surface area contributed by atoms with Gasteiger partial charge in [-0.05, 0) is 44.5 Å². The highest BCUT2D eigenvalue weighted by Crippen LogP contribution is 2.22. The van der Waals surface area contributed by atoms with Crippen molar-refractivity contribution in [1.82, 2.24) is 4.98 Å². The number of benzene rings is 1. The highest BCUT2D eigenvalue weighted by Gasteiger charge is 2.24. The lowest BCUT2D eigenvalue weighted by Crippen LogP contribution is -2.21. The van der Waals surface area contributed by atoms with Crippen LogP contribution in [0.4, 0.5) is 10.1 Å². The predicted molar refractivity (Wildman–Crippen MR) is 96.5 cm³/mol. The zero-order chi connectivity index (χ0) is 20.1. The normalized spacial score (nSPS) is 10.4. The first-order valence-electron chi connectivity index (χ1n) is 8.02. The van der Waals surface area contributed by atoms with Crippen LogP contribution in [0.15, 0.2) is 18.2 Å². The van der Waals surface area contributed by atoms with Gasteiger partial charge in [0.1, 0.15) is 11.5 Å². The molecule has 1 aromatic carbocycles. The number of aromatic nitrogens is 1. The van der Waals surface area contributed by atoms with Crippen LogP contribution in [0.1, 0.15) is 39.0 Å². The molecule has 7 nitrogen and oxygen atoms in total. The van der Waals surface area contributed by atoms with Gasteiger partial charge in [-0.25, -0.2) is 14.0 Å². The summed E-state index contributed by atoms with van der Waals surface area (Å²) in [6, 6.07) is 3.47. The van der Waals surface area contributed by atoms with Crippen molar-refractivity contribution in [2.75, 3.05) is 18.5 Å². The Kier molecular flexibility index (Phi) is 6.57. The summed E-state index contributed by atoms with van der Waals surface area (Å²) in [6.07, 6.45) is 0. The Bertz CT molecular complexity index is 894. The van der Waals surface area contributed by atoms with E-state index in [9.17, 15) is 18.8 Å². The van der Waals surface area contributed by atoms with Gasteiger partial charge in [-0.15, -0.1) is 0 Å². The van der Waals surface area contributed by atoms with Crippen molar-refractivity contribution in [3.63, 3.8) is 0 Å². The van der Waals surface area contributed by atoms with Gasteiger partial charge in [-0.2, -0.15) is 0 Å². The third-order valence-electron chi connectivity index (χ3n) is 3.66. The van der Waals surface area contributed by atoms with Crippen molar-refractivity contribution >= 4 is 35.1 Å². The number of carbonyl (C=O) groups excluding carboxylic acids is 3. The van der Waals surface area contributed by atoms with E-state index in [2.05, 4.69) is 10.3 Å². The van der Waals surface area contributed by atoms with Crippen LogP contribution >= 0.6 is 11.6 Å². The van der Waals surface area contributed by atoms with Crippen molar-refractivity contribution in [1.29, 1.82) is 0 Å². The monoisotopic (exact) mass is 396 g/mol. The standard InChI is InChI=1S/C18H18ClFN2O5/c1-4-26-17(24)15-9(2)16(21-10(15)3)18(25)27-8-14(23)22-13-6-5-11(20)7-12(13)19/h5-7,21H,4,8H2,1-3H3,(H,22,23). The molecule has 2 rings (SSSR count). The quantitative estimate of drug-likeness (QED) is 0.729. The van der Waals surface area contributed by atoms with Crippen LogP contribution in [-0.4, -0.2) is 36.0 Å². The minimum atomic E-state index is -0.800. The number of rotatable bonds is 6. The van der Waals surface area contributed by atoms with Crippen LogP contribution in [0, 0.1) is 19.7 Å². The number of amides is 1. The summed E-state index contributed by atoms with van der Waals surface area (Å²) in [5, 5.41) is 2.43. The number of carbonyl (C=O) groups is 3. The van der Waals surface area contributed by atoms with Gasteiger partial charge in [0.25, 0.3) is 5.91 Å². The van der Waals surface area contributed by atoms with E-state index in [1.807, 2.05) is 0 Å². The molecule has 9 heteroatoms. The molecule has 0 aliphatic heterocycles. The Balaban J connectivity index is 2.02. The van der Waals surface area contributed by atoms with Crippen LogP contribution in [0.2, 0.25) is 5.02 Å². The molecule has 0 saturated carbocycles. The van der Waals surface area contributed by atoms with Gasteiger partial charge >= 0.3 is 11.9 Å². The Morgan fingerprint density at radius 2 is 1.89 bits per heavy atom. The third-order valence-corrected chi connectivity index (χ3v) is 3.97. The molecule has 0 radical (unpaired) electrons. The number of H-pyrrole nitrogens is 1. The van der Waals surface area contributed by atoms with Crippen molar-refractivity contribution in [2.24, 2.45) is 0 Å². The zero-order valence-corrected chi connectivity index (χ0v) is 15.7. The van der Waals surface area contributed by atoms with E-state index in [1.165, 1.54) is 6.07 Å². The molecule has 1 aromatic heterocycles. The number of aromatic amines is 1. The molecule has 0 aliphatic rings. The van der Waals surface area contributed by atoms with Crippen molar-refractivity contribution in [2.45, 2.75) is 20.8 Å². The fourth-order valence-electron chi connectivity index (χ4n) is 2.44. The average Bonchev–Trinajstić information content (AvgIpc) is 2.90. The lowest BCUT2D eigenvalue weighted by atomic mass is 10.1. The summed E-state index contributed by atoms with van der Waals surface area (Å²) in [7, 11) is 0. The van der Waals surface area contributed by atoms with Gasteiger partial charge in [0.2, 0.25) is 0 Å². The van der Waals surface area contributed by atoms with Crippen molar-refractivity contribution in [3.05, 3.63) is 51.6 Å². The second-order valence-electron chi connectivity index (χ2n) is 5.59. The molecule has 0 fully saturated rings. The number of hydrogen-bond donors (Lipinski definition) is 2. The van der Waals surface area contributed by atoms with Gasteiger partial charge in [0, 0.05) is 5.69 Å². The van der Waals surface area contributed by atoms with E-state index >= 15 is 0 Å². The van der Waals surface area contributed by atoms with Gasteiger partial charge in [0.05, 0.1) is 22.9 Å². The van der Waals surface area contributed by atoms with E-state index in [1.54, 1.807) is 20.8 Å². The maximum Gasteiger partial charge on any atom is 0.355 e. The lowest BCUT2D eigenvalue weighted by Gasteiger charge is -2.08. The largest absolute Gasteiger partial charge is 0.462 e. The molecule has 0 saturated heterocycles. The number of nitrogens with one attached hydrogen (secondary N) is 2. The van der Waals surface area contributed by atoms with Crippen molar-refractivity contribution < 1.29 is 28.2 Å². The summed E-state index contributed by atoms with van der Waals surface area (Å²) in [5.74, 6) is -2.54. The minimum Gasteiger partial charge on any atom is -0.462 e. The highest BCUT2D eigenvalue weighted by atomic mass is 35.5. The minimum absolute atomic E-state index is 0.0181. The molecular weight excluding hydrogens is 379 g/mol. The Hall–Kier alpha value is -2.87. The smallest absolute Gasteiger partial charge is 0.355 e. The molecule has 27 heavy (non-hydrogen) atoms. The van der Waals surface area contributed by atoms with Crippen LogP contribution in [0.3, 0.4) is 0 Å². The number of aryl methyl sites for hydroxylation is 1. The van der Waals surface area contributed by atoms with Crippen molar-refractivity contribution in [3.8, 4) is 0 Å². The van der Waals surface area contributed by atoms with Crippen LogP contribution in [0.5, 0.6) is 0 Å². The predicted octanol–water partition coefficient (Wildman–Crippen LogP) is 3.40. The maximum atomic E-state index is 13.0. The maximum absolute atomic E-state index is 13.0. The van der Waals surface area contributed by atoms with Gasteiger partial charge < -0.3 is 19.8 Å². The fraction of sp³-hybridized carbons (Fsp3) is 0.278. The van der Waals surface area contributed by atoms with E-state index in [0.717, 1.165) is 12.1 Å². The molecule has 1 amide bonds. The molecule has 0 aliphatic carbocycles. The summed E-state index contributed by atoms with van der Waals surface area (Å²) < 4.78 is 22.9. The van der Waals surface area contributed by atoms with Crippen LogP contribution < -0.4 is 5.32 Å². The SMILES string of the molecule is CCOC(=O)c1c(C)[nH]c(C(=O)OCC(=O)Nc2ccc(F)cc2Cl)c1C. The molecule has 0 atom stereocenters. The molecule has 1 heterocycles. The van der Waals surface area contributed by atoms with E-state index in [4.69, 9.17) is 21.1 Å². The molecule has 2 aromatic rings. The molecular formula is C18H18ClFN2O5. The summed E-state index contributed by atoms with van der Waals surface area (Å²) in [5.41, 5.74) is 1.34. The number of halogens is 2. The number of ether oxygens (including phenoxy) is 2. The second-order valence-corrected chi connectivity index (χ2v) is 6.00. The first kappa shape index (κ1) is 20.4. The highest BCUT2D eigenvalue weighted by molar-refractivity contribution is 6.33. The molecule has 0 bridgehead atoms. The summed E-state index contributed by atoms with van der Waals surface area (Å²) >= 11 is 5.82. The molecule has 144 valence electrons. The summed E-state index contributed by atoms with van der Waals surface area (Å²) in [4.78, 5) is 38.9. The zero-order valence-electron chi connectivity index (χ0n) is 14.9. The van der Waals surface area contributed by atoms with Gasteiger partial charge in [0.15, 0.2) is 6.61 Å². The van der Waals surface area contributed by atoms with E-state index < -0.39 is 30.3 Å². The first-order chi connectivity index (χ1) is 12.7. The number of anilines is 1. The number of hydrogen-bond acceptors (Lipinski definition) is 5. The van der Waals surface area contributed by atoms with Gasteiger partial charge in [-0.3, -0.25) is 4.79 Å². The average molecular weight is 397 g/mol. The fourth-order valence-corrected chi connectivity index (χ4v) is 2.66. The second kappa shape index (κ2) is 8.68. The lowest BCUT2D eigenvalue weighted by molar-refractivity contribution is -0.119. The molecule has 2 N–H and O–H groups in total. The first-order valence-corrected chi connectivity index (χ1v) is 8.40. The molecule has 0 unspecified atom stereocenters. The van der Waals surface area contributed by atoms with Crippen LogP contribution in [0.25, 0.3) is 0 Å². The topological polar surface area (TPSA) is 97.5 Å². The molecule has 0 spiro atoms. The van der Waals surface area contributed by atoms with Crippen LogP contribution in [-0.2, 0) is 14.3 Å². The Morgan fingerprint density at radius 3 is 2.52 bits per heavy atom. The summed E-state index contributed by atoms with van der Waals surface area (Å²) in [6.45, 7) is 4.49.